The highest BCUT2D eigenvalue weighted by Gasteiger charge is 2.25. The number of amidine groups is 1. The fourth-order valence-corrected chi connectivity index (χ4v) is 1.71. The van der Waals surface area contributed by atoms with Gasteiger partial charge in [-0.15, -0.1) is 0 Å². The monoisotopic (exact) mass is 233 g/mol. The van der Waals surface area contributed by atoms with Crippen molar-refractivity contribution < 1.29 is 9.84 Å². The number of rotatable bonds is 6. The van der Waals surface area contributed by atoms with Gasteiger partial charge in [0, 0.05) is 5.56 Å². The zero-order valence-electron chi connectivity index (χ0n) is 9.69. The lowest BCUT2D eigenvalue weighted by Crippen LogP contribution is -2.16. The molecule has 0 spiro atoms. The minimum Gasteiger partial charge on any atom is -0.491 e. The molecule has 91 valence electrons. The van der Waals surface area contributed by atoms with Gasteiger partial charge in [-0.2, -0.15) is 0 Å². The van der Waals surface area contributed by atoms with E-state index in [0.717, 1.165) is 6.42 Å². The highest BCUT2D eigenvalue weighted by molar-refractivity contribution is 5.94. The summed E-state index contributed by atoms with van der Waals surface area (Å²) in [6, 6.07) is 6.91. The Morgan fingerprint density at radius 3 is 2.59 bits per heavy atom. The summed E-state index contributed by atoms with van der Waals surface area (Å²) >= 11 is 0. The molecular weight excluding hydrogens is 216 g/mol. The highest BCUT2D eigenvalue weighted by Crippen LogP contribution is 2.33. The Balaban J connectivity index is 1.79. The van der Waals surface area contributed by atoms with E-state index < -0.39 is 6.10 Å². The molecule has 3 N–H and O–H groups in total. The lowest BCUT2D eigenvalue weighted by Gasteiger charge is -2.10. The van der Waals surface area contributed by atoms with Crippen LogP contribution in [0.2, 0.25) is 0 Å². The molecule has 1 aromatic carbocycles. The van der Waals surface area contributed by atoms with Crippen molar-refractivity contribution in [1.82, 2.24) is 0 Å². The Kier molecular flexibility index (Phi) is 3.64. The smallest absolute Gasteiger partial charge is 0.127 e. The summed E-state index contributed by atoms with van der Waals surface area (Å²) < 4.78 is 5.41. The molecule has 4 nitrogen and oxygen atoms in total. The van der Waals surface area contributed by atoms with Gasteiger partial charge >= 0.3 is 0 Å². The van der Waals surface area contributed by atoms with Crippen LogP contribution in [-0.4, -0.2) is 18.5 Å². The standard InChI is InChI=1S/C13H17N2O2/c14-13(15)10-3-5-12(6-4-10)17-8-11(16)7-9-1-2-9/h3-6,9,11H,1-2,7-8H2,(H3,14,15). The Morgan fingerprint density at radius 1 is 1.41 bits per heavy atom. The van der Waals surface area contributed by atoms with E-state index in [1.165, 1.54) is 12.8 Å². The minimum absolute atomic E-state index is 0.0342. The summed E-state index contributed by atoms with van der Waals surface area (Å²) in [4.78, 5) is 0. The zero-order valence-corrected chi connectivity index (χ0v) is 9.69. The number of nitrogen functional groups attached to an aromatic ring is 1. The number of hydrogen-bond donors (Lipinski definition) is 2. The molecule has 2 rings (SSSR count). The fourth-order valence-electron chi connectivity index (χ4n) is 1.71. The van der Waals surface area contributed by atoms with Crippen molar-refractivity contribution in [2.24, 2.45) is 11.7 Å². The lowest BCUT2D eigenvalue weighted by molar-refractivity contribution is 0.0341. The van der Waals surface area contributed by atoms with Gasteiger partial charge in [-0.1, -0.05) is 12.8 Å². The zero-order chi connectivity index (χ0) is 12.3. The first kappa shape index (κ1) is 11.9. The first-order chi connectivity index (χ1) is 8.15. The number of benzene rings is 1. The quantitative estimate of drug-likeness (QED) is 0.581. The van der Waals surface area contributed by atoms with Crippen LogP contribution >= 0.6 is 0 Å². The van der Waals surface area contributed by atoms with E-state index in [2.05, 4.69) is 0 Å². The summed E-state index contributed by atoms with van der Waals surface area (Å²) in [5.41, 5.74) is 6.00. The van der Waals surface area contributed by atoms with Gasteiger partial charge in [-0.3, -0.25) is 5.41 Å². The third-order valence-corrected chi connectivity index (χ3v) is 2.89. The predicted octanol–water partition coefficient (Wildman–Crippen LogP) is 1.95. The molecule has 0 saturated heterocycles. The van der Waals surface area contributed by atoms with E-state index in [1.54, 1.807) is 24.3 Å². The molecule has 17 heavy (non-hydrogen) atoms. The SMILES string of the molecule is N=C(N)c1ccc(OCC([O])CC2CC2)cc1. The summed E-state index contributed by atoms with van der Waals surface area (Å²) in [5, 5.41) is 18.8. The highest BCUT2D eigenvalue weighted by atomic mass is 16.5. The van der Waals surface area contributed by atoms with Crippen molar-refractivity contribution in [3.63, 3.8) is 0 Å². The first-order valence-electron chi connectivity index (χ1n) is 5.88. The number of hydrogen-bond acceptors (Lipinski definition) is 2. The third kappa shape index (κ3) is 3.75. The molecule has 1 fully saturated rings. The van der Waals surface area contributed by atoms with Crippen molar-refractivity contribution in [2.45, 2.75) is 25.4 Å². The molecule has 0 aliphatic heterocycles. The van der Waals surface area contributed by atoms with Gasteiger partial charge in [-0.05, 0) is 36.6 Å². The van der Waals surface area contributed by atoms with Crippen molar-refractivity contribution in [1.29, 1.82) is 5.41 Å². The van der Waals surface area contributed by atoms with E-state index in [-0.39, 0.29) is 12.4 Å². The average molecular weight is 233 g/mol. The molecule has 1 atom stereocenters. The molecule has 0 amide bonds. The Labute approximate surface area is 101 Å². The minimum atomic E-state index is -0.630. The van der Waals surface area contributed by atoms with E-state index in [0.29, 0.717) is 17.2 Å². The van der Waals surface area contributed by atoms with Crippen LogP contribution in [0.25, 0.3) is 0 Å². The predicted molar refractivity (Wildman–Crippen MR) is 64.8 cm³/mol. The first-order valence-corrected chi connectivity index (χ1v) is 5.88. The van der Waals surface area contributed by atoms with Crippen LogP contribution in [0.15, 0.2) is 24.3 Å². The molecule has 1 aliphatic carbocycles. The van der Waals surface area contributed by atoms with Gasteiger partial charge in [0.25, 0.3) is 0 Å². The van der Waals surface area contributed by atoms with Gasteiger partial charge in [0.2, 0.25) is 0 Å². The van der Waals surface area contributed by atoms with Crippen molar-refractivity contribution >= 4 is 5.84 Å². The molecular formula is C13H17N2O2. The van der Waals surface area contributed by atoms with Crippen LogP contribution in [0.3, 0.4) is 0 Å². The Morgan fingerprint density at radius 2 is 2.06 bits per heavy atom. The van der Waals surface area contributed by atoms with E-state index in [4.69, 9.17) is 15.9 Å². The van der Waals surface area contributed by atoms with Crippen LogP contribution in [0.5, 0.6) is 5.75 Å². The number of nitrogens with two attached hydrogens (primary N) is 1. The molecule has 1 aromatic rings. The molecule has 1 unspecified atom stereocenters. The van der Waals surface area contributed by atoms with Crippen LogP contribution in [0.1, 0.15) is 24.8 Å². The summed E-state index contributed by atoms with van der Waals surface area (Å²) in [6.45, 7) is 0.218. The van der Waals surface area contributed by atoms with E-state index >= 15 is 0 Å². The fraction of sp³-hybridized carbons (Fsp3) is 0.462. The van der Waals surface area contributed by atoms with Gasteiger partial charge in [0.05, 0.1) is 0 Å². The molecule has 1 radical (unpaired) electrons. The largest absolute Gasteiger partial charge is 0.491 e. The normalized spacial score (nSPS) is 16.5. The second-order valence-corrected chi connectivity index (χ2v) is 4.55. The Hall–Kier alpha value is -1.55. The molecule has 1 saturated carbocycles. The number of nitrogens with one attached hydrogen (secondary N) is 1. The second-order valence-electron chi connectivity index (χ2n) is 4.55. The molecule has 4 heteroatoms. The van der Waals surface area contributed by atoms with Crippen molar-refractivity contribution in [3.8, 4) is 5.75 Å². The second kappa shape index (κ2) is 5.19. The van der Waals surface area contributed by atoms with Crippen molar-refractivity contribution in [3.05, 3.63) is 29.8 Å². The van der Waals surface area contributed by atoms with Gasteiger partial charge in [-0.25, -0.2) is 5.11 Å². The van der Waals surface area contributed by atoms with Gasteiger partial charge < -0.3 is 10.5 Å². The maximum atomic E-state index is 11.5. The summed E-state index contributed by atoms with van der Waals surface area (Å²) in [5.74, 6) is 1.33. The summed E-state index contributed by atoms with van der Waals surface area (Å²) in [6.07, 6.45) is 2.50. The molecule has 0 bridgehead atoms. The molecule has 0 heterocycles. The van der Waals surface area contributed by atoms with Crippen molar-refractivity contribution in [2.75, 3.05) is 6.61 Å². The van der Waals surface area contributed by atoms with Crippen LogP contribution in [0, 0.1) is 11.3 Å². The topological polar surface area (TPSA) is 79.0 Å². The lowest BCUT2D eigenvalue weighted by atomic mass is 10.2. The summed E-state index contributed by atoms with van der Waals surface area (Å²) in [7, 11) is 0. The van der Waals surface area contributed by atoms with Crippen LogP contribution in [-0.2, 0) is 5.11 Å². The number of ether oxygens (including phenoxy) is 1. The third-order valence-electron chi connectivity index (χ3n) is 2.89. The van der Waals surface area contributed by atoms with E-state index in [9.17, 15) is 5.11 Å². The molecule has 1 aliphatic rings. The van der Waals surface area contributed by atoms with Crippen LogP contribution < -0.4 is 10.5 Å². The van der Waals surface area contributed by atoms with Crippen LogP contribution in [0.4, 0.5) is 0 Å². The van der Waals surface area contributed by atoms with Gasteiger partial charge in [0.1, 0.15) is 24.3 Å². The van der Waals surface area contributed by atoms with E-state index in [1.807, 2.05) is 0 Å². The van der Waals surface area contributed by atoms with Gasteiger partial charge in [0.15, 0.2) is 0 Å². The average Bonchev–Trinajstić information content (AvgIpc) is 3.11. The Bertz CT molecular complexity index is 385. The maximum Gasteiger partial charge on any atom is 0.127 e. The molecule has 0 aromatic heterocycles. The maximum absolute atomic E-state index is 11.5.